The molecule has 4 atom stereocenters. The van der Waals surface area contributed by atoms with Crippen molar-refractivity contribution in [1.29, 1.82) is 0 Å². The van der Waals surface area contributed by atoms with Crippen LogP contribution in [0.3, 0.4) is 0 Å². The molecule has 2 unspecified atom stereocenters. The first-order chi connectivity index (χ1) is 13.7. The molecule has 4 N–H and O–H groups in total. The molecule has 0 saturated carbocycles. The summed E-state index contributed by atoms with van der Waals surface area (Å²) in [6.45, 7) is 0.495. The molecule has 1 saturated heterocycles. The second kappa shape index (κ2) is 10.4. The summed E-state index contributed by atoms with van der Waals surface area (Å²) in [6.07, 6.45) is 2.98. The van der Waals surface area contributed by atoms with Crippen LogP contribution in [-0.4, -0.2) is 41.4 Å². The molecule has 5 heteroatoms. The van der Waals surface area contributed by atoms with Crippen molar-refractivity contribution in [2.45, 2.75) is 43.9 Å². The average Bonchev–Trinajstić information content (AvgIpc) is 2.77. The molecule has 0 aromatic heterocycles. The number of piperidine rings is 1. The number of aliphatic hydroxyl groups is 2. The second-order valence-corrected chi connectivity index (χ2v) is 7.57. The predicted molar refractivity (Wildman–Crippen MR) is 110 cm³/mol. The van der Waals surface area contributed by atoms with Crippen molar-refractivity contribution in [1.82, 2.24) is 10.6 Å². The Bertz CT molecular complexity index is 723. The molecule has 1 fully saturated rings. The van der Waals surface area contributed by atoms with Gasteiger partial charge in [0.25, 0.3) is 0 Å². The summed E-state index contributed by atoms with van der Waals surface area (Å²) in [5.41, 5.74) is 2.01. The van der Waals surface area contributed by atoms with Gasteiger partial charge in [-0.15, -0.1) is 0 Å². The maximum Gasteiger partial charge on any atom is 0.237 e. The number of hydrogen-bond acceptors (Lipinski definition) is 4. The summed E-state index contributed by atoms with van der Waals surface area (Å²) in [4.78, 5) is 12.7. The molecular weight excluding hydrogens is 352 g/mol. The molecule has 1 aliphatic heterocycles. The topological polar surface area (TPSA) is 81.6 Å². The molecule has 0 aliphatic carbocycles. The zero-order chi connectivity index (χ0) is 19.8. The number of amides is 1. The molecule has 150 valence electrons. The largest absolute Gasteiger partial charge is 0.394 e. The van der Waals surface area contributed by atoms with Gasteiger partial charge in [-0.2, -0.15) is 0 Å². The lowest BCUT2D eigenvalue weighted by Crippen LogP contribution is -2.53. The molecule has 0 spiro atoms. The third-order valence-electron chi connectivity index (χ3n) is 5.56. The Balaban J connectivity index is 1.52. The zero-order valence-electron chi connectivity index (χ0n) is 16.1. The van der Waals surface area contributed by atoms with Crippen molar-refractivity contribution in [3.8, 4) is 0 Å². The van der Waals surface area contributed by atoms with Crippen LogP contribution in [-0.2, 0) is 11.2 Å². The van der Waals surface area contributed by atoms with Crippen molar-refractivity contribution in [3.05, 3.63) is 71.8 Å². The van der Waals surface area contributed by atoms with Gasteiger partial charge in [0.05, 0.1) is 18.7 Å². The van der Waals surface area contributed by atoms with Crippen LogP contribution in [0.5, 0.6) is 0 Å². The third-order valence-corrected chi connectivity index (χ3v) is 5.56. The fourth-order valence-corrected chi connectivity index (χ4v) is 3.86. The van der Waals surface area contributed by atoms with Crippen LogP contribution in [0.1, 0.15) is 36.5 Å². The standard InChI is InChI=1S/C23H30N2O3/c26-16-21(22(27)19-9-5-2-6-10-19)25-23(28)20-15-18(13-14-24-20)12-11-17-7-3-1-4-8-17/h1-10,18,20-22,24,26-27H,11-16H2,(H,25,28)/t18?,20?,21-,22-/m1/s1. The van der Waals surface area contributed by atoms with E-state index in [2.05, 4.69) is 34.9 Å². The van der Waals surface area contributed by atoms with Crippen LogP contribution >= 0.6 is 0 Å². The first-order valence-electron chi connectivity index (χ1n) is 10.1. The summed E-state index contributed by atoms with van der Waals surface area (Å²) in [6, 6.07) is 18.5. The van der Waals surface area contributed by atoms with E-state index in [4.69, 9.17) is 0 Å². The number of aryl methyl sites for hydroxylation is 1. The monoisotopic (exact) mass is 382 g/mol. The summed E-state index contributed by atoms with van der Waals surface area (Å²) < 4.78 is 0. The number of carbonyl (C=O) groups is 1. The van der Waals surface area contributed by atoms with Crippen LogP contribution in [0.2, 0.25) is 0 Å². The number of hydrogen-bond donors (Lipinski definition) is 4. The lowest BCUT2D eigenvalue weighted by Gasteiger charge is -2.31. The van der Waals surface area contributed by atoms with Crippen LogP contribution in [0, 0.1) is 5.92 Å². The second-order valence-electron chi connectivity index (χ2n) is 7.57. The fraction of sp³-hybridized carbons (Fsp3) is 0.435. The molecule has 5 nitrogen and oxygen atoms in total. The molecule has 1 amide bonds. The maximum atomic E-state index is 12.7. The van der Waals surface area contributed by atoms with Gasteiger partial charge in [-0.05, 0) is 49.3 Å². The smallest absolute Gasteiger partial charge is 0.237 e. The molecule has 0 bridgehead atoms. The van der Waals surface area contributed by atoms with Crippen molar-refractivity contribution in [2.75, 3.05) is 13.2 Å². The van der Waals surface area contributed by atoms with Crippen LogP contribution in [0.4, 0.5) is 0 Å². The van der Waals surface area contributed by atoms with Gasteiger partial charge in [0.15, 0.2) is 0 Å². The SMILES string of the molecule is O=C(N[C@H](CO)[C@H](O)c1ccccc1)C1CC(CCc2ccccc2)CCN1. The molecule has 2 aromatic rings. The average molecular weight is 383 g/mol. The number of nitrogens with one attached hydrogen (secondary N) is 2. The van der Waals surface area contributed by atoms with Crippen molar-refractivity contribution in [2.24, 2.45) is 5.92 Å². The van der Waals surface area contributed by atoms with Crippen molar-refractivity contribution >= 4 is 5.91 Å². The van der Waals surface area contributed by atoms with E-state index >= 15 is 0 Å². The first kappa shape index (κ1) is 20.5. The number of rotatable bonds is 8. The summed E-state index contributed by atoms with van der Waals surface area (Å²) >= 11 is 0. The molecule has 28 heavy (non-hydrogen) atoms. The molecule has 2 aromatic carbocycles. The highest BCUT2D eigenvalue weighted by Crippen LogP contribution is 2.23. The Morgan fingerprint density at radius 3 is 2.46 bits per heavy atom. The van der Waals surface area contributed by atoms with Crippen LogP contribution < -0.4 is 10.6 Å². The van der Waals surface area contributed by atoms with Gasteiger partial charge in [0.1, 0.15) is 6.10 Å². The van der Waals surface area contributed by atoms with E-state index in [0.717, 1.165) is 32.2 Å². The van der Waals surface area contributed by atoms with E-state index in [0.29, 0.717) is 11.5 Å². The van der Waals surface area contributed by atoms with Crippen molar-refractivity contribution < 1.29 is 15.0 Å². The normalized spacial score (nSPS) is 21.6. The minimum absolute atomic E-state index is 0.154. The lowest BCUT2D eigenvalue weighted by molar-refractivity contribution is -0.126. The van der Waals surface area contributed by atoms with Gasteiger partial charge in [-0.1, -0.05) is 60.7 Å². The van der Waals surface area contributed by atoms with Gasteiger partial charge in [-0.25, -0.2) is 0 Å². The molecule has 1 heterocycles. The zero-order valence-corrected chi connectivity index (χ0v) is 16.1. The first-order valence-corrected chi connectivity index (χ1v) is 10.1. The van der Waals surface area contributed by atoms with E-state index in [1.54, 1.807) is 12.1 Å². The number of benzene rings is 2. The van der Waals surface area contributed by atoms with E-state index < -0.39 is 12.1 Å². The fourth-order valence-electron chi connectivity index (χ4n) is 3.86. The Kier molecular flexibility index (Phi) is 7.60. The minimum Gasteiger partial charge on any atom is -0.394 e. The molecule has 1 aliphatic rings. The Hall–Kier alpha value is -2.21. The Morgan fingerprint density at radius 2 is 1.79 bits per heavy atom. The summed E-state index contributed by atoms with van der Waals surface area (Å²) in [5.74, 6) is 0.335. The number of carbonyl (C=O) groups excluding carboxylic acids is 1. The highest BCUT2D eigenvalue weighted by molar-refractivity contribution is 5.82. The maximum absolute atomic E-state index is 12.7. The van der Waals surface area contributed by atoms with Crippen LogP contribution in [0.15, 0.2) is 60.7 Å². The van der Waals surface area contributed by atoms with Crippen LogP contribution in [0.25, 0.3) is 0 Å². The molecule has 3 rings (SSSR count). The quantitative estimate of drug-likeness (QED) is 0.564. The lowest BCUT2D eigenvalue weighted by atomic mass is 9.87. The Labute approximate surface area is 166 Å². The van der Waals surface area contributed by atoms with E-state index in [1.165, 1.54) is 5.56 Å². The van der Waals surface area contributed by atoms with E-state index in [1.807, 2.05) is 24.3 Å². The number of aliphatic hydroxyl groups excluding tert-OH is 2. The Morgan fingerprint density at radius 1 is 1.11 bits per heavy atom. The van der Waals surface area contributed by atoms with Gasteiger partial charge in [-0.3, -0.25) is 4.79 Å². The third kappa shape index (κ3) is 5.64. The summed E-state index contributed by atoms with van der Waals surface area (Å²) in [7, 11) is 0. The van der Waals surface area contributed by atoms with E-state index in [9.17, 15) is 15.0 Å². The van der Waals surface area contributed by atoms with Gasteiger partial charge in [0.2, 0.25) is 5.91 Å². The summed E-state index contributed by atoms with van der Waals surface area (Å²) in [5, 5.41) is 26.3. The van der Waals surface area contributed by atoms with Gasteiger partial charge >= 0.3 is 0 Å². The molecule has 0 radical (unpaired) electrons. The van der Waals surface area contributed by atoms with Crippen molar-refractivity contribution in [3.63, 3.8) is 0 Å². The highest BCUT2D eigenvalue weighted by atomic mass is 16.3. The highest BCUT2D eigenvalue weighted by Gasteiger charge is 2.30. The predicted octanol–water partition coefficient (Wildman–Crippen LogP) is 2.20. The van der Waals surface area contributed by atoms with Gasteiger partial charge < -0.3 is 20.8 Å². The van der Waals surface area contributed by atoms with E-state index in [-0.39, 0.29) is 18.6 Å². The van der Waals surface area contributed by atoms with Gasteiger partial charge in [0, 0.05) is 0 Å². The molecular formula is C23H30N2O3. The minimum atomic E-state index is -0.937.